The molecule has 3 unspecified atom stereocenters. The third-order valence-corrected chi connectivity index (χ3v) is 6.38. The van der Waals surface area contributed by atoms with E-state index < -0.39 is 0 Å². The van der Waals surface area contributed by atoms with Gasteiger partial charge in [0.1, 0.15) is 0 Å². The quantitative estimate of drug-likeness (QED) is 0.888. The summed E-state index contributed by atoms with van der Waals surface area (Å²) in [6, 6.07) is 7.17. The van der Waals surface area contributed by atoms with Gasteiger partial charge in [0.2, 0.25) is 0 Å². The number of pyridine rings is 1. The van der Waals surface area contributed by atoms with E-state index in [1.165, 1.54) is 19.3 Å². The van der Waals surface area contributed by atoms with E-state index in [2.05, 4.69) is 50.1 Å². The van der Waals surface area contributed by atoms with Gasteiger partial charge in [0.05, 0.1) is 5.69 Å². The first-order valence-corrected chi connectivity index (χ1v) is 7.62. The SMILES string of the molecule is C[C@H](NC1CC2CCC1(C)C2(C)C)c1ccccn1. The fourth-order valence-corrected chi connectivity index (χ4v) is 4.48. The molecule has 0 amide bonds. The van der Waals surface area contributed by atoms with E-state index in [0.717, 1.165) is 11.6 Å². The van der Waals surface area contributed by atoms with Crippen LogP contribution in [-0.2, 0) is 0 Å². The zero-order chi connectivity index (χ0) is 13.7. The first-order valence-electron chi connectivity index (χ1n) is 7.62. The summed E-state index contributed by atoms with van der Waals surface area (Å²) in [7, 11) is 0. The molecule has 0 saturated heterocycles. The van der Waals surface area contributed by atoms with E-state index in [9.17, 15) is 0 Å². The van der Waals surface area contributed by atoms with Gasteiger partial charge >= 0.3 is 0 Å². The molecule has 3 rings (SSSR count). The summed E-state index contributed by atoms with van der Waals surface area (Å²) in [6.07, 6.45) is 6.01. The van der Waals surface area contributed by atoms with E-state index in [4.69, 9.17) is 0 Å². The van der Waals surface area contributed by atoms with Crippen LogP contribution in [0.15, 0.2) is 24.4 Å². The molecule has 104 valence electrons. The summed E-state index contributed by atoms with van der Waals surface area (Å²) in [5.74, 6) is 0.894. The monoisotopic (exact) mass is 258 g/mol. The second-order valence-electron chi connectivity index (χ2n) is 7.31. The van der Waals surface area contributed by atoms with Crippen molar-refractivity contribution in [1.29, 1.82) is 0 Å². The van der Waals surface area contributed by atoms with Crippen molar-refractivity contribution < 1.29 is 0 Å². The maximum Gasteiger partial charge on any atom is 0.0570 e. The van der Waals surface area contributed by atoms with Gasteiger partial charge in [-0.3, -0.25) is 4.98 Å². The molecule has 2 aliphatic carbocycles. The highest BCUT2D eigenvalue weighted by atomic mass is 15.0. The van der Waals surface area contributed by atoms with Crippen LogP contribution in [0.1, 0.15) is 58.7 Å². The Bertz CT molecular complexity index is 454. The first-order chi connectivity index (χ1) is 8.95. The maximum absolute atomic E-state index is 4.48. The lowest BCUT2D eigenvalue weighted by Crippen LogP contribution is -2.45. The Morgan fingerprint density at radius 2 is 2.11 bits per heavy atom. The Morgan fingerprint density at radius 1 is 1.32 bits per heavy atom. The van der Waals surface area contributed by atoms with Gasteiger partial charge < -0.3 is 5.32 Å². The molecule has 1 aromatic heterocycles. The zero-order valence-corrected chi connectivity index (χ0v) is 12.6. The maximum atomic E-state index is 4.48. The second-order valence-corrected chi connectivity index (χ2v) is 7.31. The van der Waals surface area contributed by atoms with Gasteiger partial charge in [-0.25, -0.2) is 0 Å². The van der Waals surface area contributed by atoms with Gasteiger partial charge in [0.25, 0.3) is 0 Å². The molecule has 0 aromatic carbocycles. The standard InChI is InChI=1S/C17H26N2/c1-12(14-7-5-6-10-18-14)19-15-11-13-8-9-17(15,4)16(13,2)3/h5-7,10,12-13,15,19H,8-9,11H2,1-4H3/t12-,13?,15?,17?/m0/s1. The summed E-state index contributed by atoms with van der Waals surface area (Å²) in [6.45, 7) is 9.67. The Kier molecular flexibility index (Phi) is 2.97. The molecule has 0 aliphatic heterocycles. The number of aromatic nitrogens is 1. The van der Waals surface area contributed by atoms with Crippen LogP contribution in [0, 0.1) is 16.7 Å². The summed E-state index contributed by atoms with van der Waals surface area (Å²) >= 11 is 0. The molecule has 2 fully saturated rings. The molecule has 19 heavy (non-hydrogen) atoms. The third kappa shape index (κ3) is 1.84. The Hall–Kier alpha value is -0.890. The van der Waals surface area contributed by atoms with Crippen LogP contribution in [0.4, 0.5) is 0 Å². The fraction of sp³-hybridized carbons (Fsp3) is 0.706. The fourth-order valence-electron chi connectivity index (χ4n) is 4.48. The predicted octanol–water partition coefficient (Wildman–Crippen LogP) is 3.95. The highest BCUT2D eigenvalue weighted by molar-refractivity contribution is 5.15. The van der Waals surface area contributed by atoms with Crippen LogP contribution < -0.4 is 5.32 Å². The van der Waals surface area contributed by atoms with Crippen molar-refractivity contribution in [1.82, 2.24) is 10.3 Å². The average molecular weight is 258 g/mol. The van der Waals surface area contributed by atoms with Crippen molar-refractivity contribution in [3.63, 3.8) is 0 Å². The number of nitrogens with zero attached hydrogens (tertiary/aromatic N) is 1. The van der Waals surface area contributed by atoms with Crippen LogP contribution in [0.2, 0.25) is 0 Å². The average Bonchev–Trinajstić information content (AvgIpc) is 2.73. The Morgan fingerprint density at radius 3 is 2.63 bits per heavy atom. The largest absolute Gasteiger partial charge is 0.305 e. The third-order valence-electron chi connectivity index (χ3n) is 6.38. The number of nitrogens with one attached hydrogen (secondary N) is 1. The highest BCUT2D eigenvalue weighted by Crippen LogP contribution is 2.65. The lowest BCUT2D eigenvalue weighted by atomic mass is 9.69. The smallest absolute Gasteiger partial charge is 0.0570 e. The van der Waals surface area contributed by atoms with Gasteiger partial charge in [-0.2, -0.15) is 0 Å². The van der Waals surface area contributed by atoms with Crippen LogP contribution in [0.3, 0.4) is 0 Å². The van der Waals surface area contributed by atoms with E-state index in [-0.39, 0.29) is 0 Å². The number of hydrogen-bond donors (Lipinski definition) is 1. The molecule has 2 heteroatoms. The molecule has 2 saturated carbocycles. The second kappa shape index (κ2) is 4.31. The molecule has 1 aromatic rings. The zero-order valence-electron chi connectivity index (χ0n) is 12.6. The van der Waals surface area contributed by atoms with Crippen molar-refractivity contribution in [3.05, 3.63) is 30.1 Å². The molecule has 2 nitrogen and oxygen atoms in total. The minimum atomic E-state index is 0.346. The topological polar surface area (TPSA) is 24.9 Å². The van der Waals surface area contributed by atoms with Gasteiger partial charge in [0, 0.05) is 18.3 Å². The molecule has 0 radical (unpaired) electrons. The molecule has 4 atom stereocenters. The summed E-state index contributed by atoms with van der Waals surface area (Å²) in [5, 5.41) is 3.86. The van der Waals surface area contributed by atoms with Gasteiger partial charge in [-0.05, 0) is 55.1 Å². The van der Waals surface area contributed by atoms with Crippen LogP contribution >= 0.6 is 0 Å². The van der Waals surface area contributed by atoms with Gasteiger partial charge in [-0.1, -0.05) is 26.8 Å². The Balaban J connectivity index is 1.76. The van der Waals surface area contributed by atoms with Crippen LogP contribution in [0.25, 0.3) is 0 Å². The summed E-state index contributed by atoms with van der Waals surface area (Å²) < 4.78 is 0. The molecule has 2 aliphatic rings. The molecular weight excluding hydrogens is 232 g/mol. The van der Waals surface area contributed by atoms with Crippen molar-refractivity contribution in [3.8, 4) is 0 Å². The number of fused-ring (bicyclic) bond motifs is 2. The number of rotatable bonds is 3. The minimum absolute atomic E-state index is 0.346. The molecule has 2 bridgehead atoms. The van der Waals surface area contributed by atoms with E-state index in [0.29, 0.717) is 22.9 Å². The van der Waals surface area contributed by atoms with E-state index >= 15 is 0 Å². The predicted molar refractivity (Wildman–Crippen MR) is 78.8 cm³/mol. The van der Waals surface area contributed by atoms with Crippen LogP contribution in [0.5, 0.6) is 0 Å². The lowest BCUT2D eigenvalue weighted by Gasteiger charge is -2.40. The number of hydrogen-bond acceptors (Lipinski definition) is 2. The van der Waals surface area contributed by atoms with Crippen molar-refractivity contribution in [2.75, 3.05) is 0 Å². The molecule has 1 heterocycles. The van der Waals surface area contributed by atoms with Gasteiger partial charge in [0.15, 0.2) is 0 Å². The molecule has 1 N–H and O–H groups in total. The molecule has 0 spiro atoms. The van der Waals surface area contributed by atoms with Crippen LogP contribution in [-0.4, -0.2) is 11.0 Å². The summed E-state index contributed by atoms with van der Waals surface area (Å²) in [4.78, 5) is 4.48. The lowest BCUT2D eigenvalue weighted by molar-refractivity contribution is 0.116. The highest BCUT2D eigenvalue weighted by Gasteiger charge is 2.61. The van der Waals surface area contributed by atoms with E-state index in [1.807, 2.05) is 12.3 Å². The van der Waals surface area contributed by atoms with Crippen molar-refractivity contribution >= 4 is 0 Å². The summed E-state index contributed by atoms with van der Waals surface area (Å²) in [5.41, 5.74) is 2.08. The normalized spacial score (nSPS) is 37.5. The minimum Gasteiger partial charge on any atom is -0.305 e. The molecular formula is C17H26N2. The van der Waals surface area contributed by atoms with Crippen molar-refractivity contribution in [2.24, 2.45) is 16.7 Å². The Labute approximate surface area is 117 Å². The van der Waals surface area contributed by atoms with E-state index in [1.54, 1.807) is 0 Å². The van der Waals surface area contributed by atoms with Gasteiger partial charge in [-0.15, -0.1) is 0 Å². The first kappa shape index (κ1) is 13.1. The van der Waals surface area contributed by atoms with Crippen molar-refractivity contribution in [2.45, 2.75) is 59.0 Å².